The first-order valence-corrected chi connectivity index (χ1v) is 8.52. The molecule has 6 heteroatoms. The third-order valence-electron chi connectivity index (χ3n) is 4.99. The molecule has 2 N–H and O–H groups in total. The first-order chi connectivity index (χ1) is 11.5. The van der Waals surface area contributed by atoms with E-state index in [-0.39, 0.29) is 12.6 Å². The van der Waals surface area contributed by atoms with Crippen LogP contribution in [0.2, 0.25) is 0 Å². The Hall–Kier alpha value is -2.24. The highest BCUT2D eigenvalue weighted by Gasteiger charge is 2.42. The van der Waals surface area contributed by atoms with Gasteiger partial charge in [0.15, 0.2) is 0 Å². The monoisotopic (exact) mass is 332 g/mol. The normalized spacial score (nSPS) is 24.1. The number of carbonyl (C=O) groups is 2. The molecule has 0 spiro atoms. The largest absolute Gasteiger partial charge is 0.490 e. The number of benzene rings is 1. The lowest BCUT2D eigenvalue weighted by Gasteiger charge is -2.20. The van der Waals surface area contributed by atoms with Crippen molar-refractivity contribution >= 4 is 17.7 Å². The average molecular weight is 332 g/mol. The molecule has 1 aliphatic carbocycles. The first kappa shape index (κ1) is 16.6. The number of rotatable bonds is 4. The summed E-state index contributed by atoms with van der Waals surface area (Å²) in [5.41, 5.74) is -0.168. The molecule has 1 aromatic carbocycles. The quantitative estimate of drug-likeness (QED) is 0.886. The van der Waals surface area contributed by atoms with E-state index >= 15 is 0 Å². The summed E-state index contributed by atoms with van der Waals surface area (Å²) in [6.45, 7) is 2.37. The number of nitrogens with one attached hydrogen (secondary N) is 1. The molecule has 1 heterocycles. The second-order valence-electron chi connectivity index (χ2n) is 7.02. The molecule has 1 aromatic rings. The van der Waals surface area contributed by atoms with Crippen LogP contribution in [0, 0.1) is 5.41 Å². The number of amides is 2. The van der Waals surface area contributed by atoms with Crippen LogP contribution in [0.4, 0.5) is 10.5 Å². The molecule has 2 aliphatic rings. The van der Waals surface area contributed by atoms with E-state index < -0.39 is 11.4 Å². The molecule has 0 bridgehead atoms. The third-order valence-corrected chi connectivity index (χ3v) is 4.99. The Morgan fingerprint density at radius 3 is 2.50 bits per heavy atom. The van der Waals surface area contributed by atoms with Gasteiger partial charge in [0.2, 0.25) is 0 Å². The standard InChI is InChI=1S/C18H24N2O4/c1-18(16(21)22)10-11-20(12-18)17(23)19-13-6-8-15(9-7-13)24-14-4-2-3-5-14/h6-9,14H,2-5,10-12H2,1H3,(H,19,23)(H,21,22). The van der Waals surface area contributed by atoms with E-state index in [2.05, 4.69) is 5.32 Å². The van der Waals surface area contributed by atoms with Gasteiger partial charge in [-0.2, -0.15) is 0 Å². The summed E-state index contributed by atoms with van der Waals surface area (Å²) >= 11 is 0. The van der Waals surface area contributed by atoms with Crippen molar-refractivity contribution in [1.82, 2.24) is 4.90 Å². The number of hydrogen-bond acceptors (Lipinski definition) is 3. The van der Waals surface area contributed by atoms with Crippen LogP contribution in [0.25, 0.3) is 0 Å². The lowest BCUT2D eigenvalue weighted by Crippen LogP contribution is -2.37. The molecule has 130 valence electrons. The number of ether oxygens (including phenoxy) is 1. The highest BCUT2D eigenvalue weighted by atomic mass is 16.5. The molecule has 1 atom stereocenters. The van der Waals surface area contributed by atoms with Crippen LogP contribution in [-0.4, -0.2) is 41.2 Å². The number of hydrogen-bond donors (Lipinski definition) is 2. The van der Waals surface area contributed by atoms with Crippen molar-refractivity contribution in [3.05, 3.63) is 24.3 Å². The van der Waals surface area contributed by atoms with Crippen molar-refractivity contribution in [3.63, 3.8) is 0 Å². The van der Waals surface area contributed by atoms with E-state index in [4.69, 9.17) is 4.74 Å². The molecular weight excluding hydrogens is 308 g/mol. The second kappa shape index (κ2) is 6.71. The van der Waals surface area contributed by atoms with Crippen LogP contribution in [-0.2, 0) is 4.79 Å². The van der Waals surface area contributed by atoms with E-state index in [0.717, 1.165) is 18.6 Å². The average Bonchev–Trinajstić information content (AvgIpc) is 3.20. The Kier molecular flexibility index (Phi) is 4.64. The summed E-state index contributed by atoms with van der Waals surface area (Å²) in [4.78, 5) is 25.1. The zero-order chi connectivity index (χ0) is 17.2. The molecule has 1 aliphatic heterocycles. The predicted octanol–water partition coefficient (Wildman–Crippen LogP) is 3.34. The number of aliphatic carboxylic acids is 1. The van der Waals surface area contributed by atoms with Gasteiger partial charge in [-0.3, -0.25) is 4.79 Å². The lowest BCUT2D eigenvalue weighted by atomic mass is 9.90. The summed E-state index contributed by atoms with van der Waals surface area (Å²) < 4.78 is 5.90. The molecular formula is C18H24N2O4. The van der Waals surface area contributed by atoms with Gasteiger partial charge in [0, 0.05) is 18.8 Å². The van der Waals surface area contributed by atoms with Gasteiger partial charge in [-0.25, -0.2) is 4.79 Å². The molecule has 2 fully saturated rings. The van der Waals surface area contributed by atoms with E-state index in [1.54, 1.807) is 11.8 Å². The van der Waals surface area contributed by atoms with E-state index in [1.807, 2.05) is 24.3 Å². The van der Waals surface area contributed by atoms with Crippen LogP contribution in [0.3, 0.4) is 0 Å². The zero-order valence-corrected chi connectivity index (χ0v) is 14.0. The molecule has 0 aromatic heterocycles. The maximum atomic E-state index is 12.3. The van der Waals surface area contributed by atoms with Crippen molar-refractivity contribution in [3.8, 4) is 5.75 Å². The Bertz CT molecular complexity index is 610. The van der Waals surface area contributed by atoms with Crippen LogP contribution >= 0.6 is 0 Å². The smallest absolute Gasteiger partial charge is 0.321 e. The maximum Gasteiger partial charge on any atom is 0.321 e. The Balaban J connectivity index is 1.54. The van der Waals surface area contributed by atoms with E-state index in [0.29, 0.717) is 24.8 Å². The molecule has 3 rings (SSSR count). The van der Waals surface area contributed by atoms with Crippen LogP contribution in [0.1, 0.15) is 39.0 Å². The van der Waals surface area contributed by atoms with Crippen molar-refractivity contribution in [2.45, 2.75) is 45.1 Å². The number of carboxylic acids is 1. The van der Waals surface area contributed by atoms with E-state index in [1.165, 1.54) is 12.8 Å². The number of urea groups is 1. The number of anilines is 1. The van der Waals surface area contributed by atoms with E-state index in [9.17, 15) is 14.7 Å². The number of carboxylic acid groups (broad SMARTS) is 1. The summed E-state index contributed by atoms with van der Waals surface area (Å²) in [5.74, 6) is -0.0364. The predicted molar refractivity (Wildman–Crippen MR) is 90.3 cm³/mol. The summed E-state index contributed by atoms with van der Waals surface area (Å²) in [6, 6.07) is 7.09. The fourth-order valence-electron chi connectivity index (χ4n) is 3.33. The maximum absolute atomic E-state index is 12.3. The zero-order valence-electron chi connectivity index (χ0n) is 14.0. The summed E-state index contributed by atoms with van der Waals surface area (Å²) in [6.07, 6.45) is 5.45. The number of likely N-dealkylation sites (tertiary alicyclic amines) is 1. The lowest BCUT2D eigenvalue weighted by molar-refractivity contribution is -0.146. The third kappa shape index (κ3) is 3.63. The molecule has 1 unspecified atom stereocenters. The van der Waals surface area contributed by atoms with Crippen molar-refractivity contribution in [2.75, 3.05) is 18.4 Å². The van der Waals surface area contributed by atoms with Gasteiger partial charge < -0.3 is 20.1 Å². The second-order valence-corrected chi connectivity index (χ2v) is 7.02. The molecule has 6 nitrogen and oxygen atoms in total. The van der Waals surface area contributed by atoms with Crippen LogP contribution in [0.5, 0.6) is 5.75 Å². The van der Waals surface area contributed by atoms with Gasteiger partial charge in [0.05, 0.1) is 11.5 Å². The SMILES string of the molecule is CC1(C(=O)O)CCN(C(=O)Nc2ccc(OC3CCCC3)cc2)C1. The van der Waals surface area contributed by atoms with Gasteiger partial charge >= 0.3 is 12.0 Å². The molecule has 2 amide bonds. The fourth-order valence-corrected chi connectivity index (χ4v) is 3.33. The molecule has 1 saturated heterocycles. The molecule has 1 saturated carbocycles. The summed E-state index contributed by atoms with van der Waals surface area (Å²) in [7, 11) is 0. The fraction of sp³-hybridized carbons (Fsp3) is 0.556. The topological polar surface area (TPSA) is 78.9 Å². The van der Waals surface area contributed by atoms with Crippen molar-refractivity contribution in [1.29, 1.82) is 0 Å². The number of nitrogens with zero attached hydrogens (tertiary/aromatic N) is 1. The van der Waals surface area contributed by atoms with Crippen molar-refractivity contribution in [2.24, 2.45) is 5.41 Å². The van der Waals surface area contributed by atoms with Gasteiger partial charge in [0.1, 0.15) is 5.75 Å². The number of carbonyl (C=O) groups excluding carboxylic acids is 1. The molecule has 24 heavy (non-hydrogen) atoms. The minimum absolute atomic E-state index is 0.233. The molecule has 0 radical (unpaired) electrons. The summed E-state index contributed by atoms with van der Waals surface area (Å²) in [5, 5.41) is 12.1. The highest BCUT2D eigenvalue weighted by molar-refractivity contribution is 5.90. The van der Waals surface area contributed by atoms with Gasteiger partial charge in [-0.05, 0) is 63.3 Å². The minimum atomic E-state index is -0.855. The van der Waals surface area contributed by atoms with Crippen molar-refractivity contribution < 1.29 is 19.4 Å². The highest BCUT2D eigenvalue weighted by Crippen LogP contribution is 2.30. The Morgan fingerprint density at radius 1 is 1.25 bits per heavy atom. The van der Waals surface area contributed by atoms with Gasteiger partial charge in [-0.15, -0.1) is 0 Å². The Morgan fingerprint density at radius 2 is 1.92 bits per heavy atom. The van der Waals surface area contributed by atoms with Gasteiger partial charge in [0.25, 0.3) is 0 Å². The van der Waals surface area contributed by atoms with Crippen LogP contribution in [0.15, 0.2) is 24.3 Å². The first-order valence-electron chi connectivity index (χ1n) is 8.52. The Labute approximate surface area is 141 Å². The van der Waals surface area contributed by atoms with Crippen LogP contribution < -0.4 is 10.1 Å². The minimum Gasteiger partial charge on any atom is -0.490 e. The van der Waals surface area contributed by atoms with Gasteiger partial charge in [-0.1, -0.05) is 0 Å².